The van der Waals surface area contributed by atoms with Crippen molar-refractivity contribution in [1.29, 1.82) is 0 Å². The first-order valence-corrected chi connectivity index (χ1v) is 7.72. The molecule has 0 aromatic heterocycles. The zero-order valence-corrected chi connectivity index (χ0v) is 12.4. The van der Waals surface area contributed by atoms with Crippen LogP contribution in [-0.2, 0) is 0 Å². The smallest absolute Gasteiger partial charge is 0.0297 e. The second-order valence-corrected chi connectivity index (χ2v) is 6.45. The van der Waals surface area contributed by atoms with Crippen LogP contribution >= 0.6 is 0 Å². The monoisotopic (exact) mass is 258 g/mol. The third-order valence-electron chi connectivity index (χ3n) is 4.78. The highest BCUT2D eigenvalue weighted by Gasteiger charge is 2.38. The summed E-state index contributed by atoms with van der Waals surface area (Å²) in [4.78, 5) is 2.71. The molecule has 1 saturated carbocycles. The minimum absolute atomic E-state index is 0.456. The zero-order chi connectivity index (χ0) is 13.4. The lowest BCUT2D eigenvalue weighted by Crippen LogP contribution is -2.35. The van der Waals surface area contributed by atoms with Crippen LogP contribution in [0.3, 0.4) is 0 Å². The van der Waals surface area contributed by atoms with Gasteiger partial charge in [-0.2, -0.15) is 0 Å². The second kappa shape index (κ2) is 5.26. The van der Waals surface area contributed by atoms with Crippen LogP contribution in [0.5, 0.6) is 0 Å². The van der Waals surface area contributed by atoms with Gasteiger partial charge in [0.15, 0.2) is 0 Å². The summed E-state index contributed by atoms with van der Waals surface area (Å²) in [5.74, 6) is 0. The molecule has 1 aromatic carbocycles. The maximum absolute atomic E-state index is 3.84. The average Bonchev–Trinajstić information content (AvgIpc) is 3.15. The van der Waals surface area contributed by atoms with Gasteiger partial charge in [-0.05, 0) is 51.2 Å². The fourth-order valence-electron chi connectivity index (χ4n) is 3.61. The molecule has 1 aromatic rings. The topological polar surface area (TPSA) is 15.3 Å². The van der Waals surface area contributed by atoms with Crippen molar-refractivity contribution in [1.82, 2.24) is 10.2 Å². The molecule has 3 rings (SSSR count). The summed E-state index contributed by atoms with van der Waals surface area (Å²) in [6.07, 6.45) is 4.14. The van der Waals surface area contributed by atoms with Gasteiger partial charge in [-0.1, -0.05) is 24.3 Å². The summed E-state index contributed by atoms with van der Waals surface area (Å²) in [7, 11) is 0. The van der Waals surface area contributed by atoms with Crippen LogP contribution in [0.25, 0.3) is 0 Å². The Balaban J connectivity index is 1.61. The third-order valence-corrected chi connectivity index (χ3v) is 4.78. The summed E-state index contributed by atoms with van der Waals surface area (Å²) >= 11 is 0. The molecule has 3 unspecified atom stereocenters. The number of hydrogen-bond acceptors (Lipinski definition) is 2. The number of likely N-dealkylation sites (tertiary alicyclic amines) is 1. The van der Waals surface area contributed by atoms with E-state index in [9.17, 15) is 0 Å². The van der Waals surface area contributed by atoms with Gasteiger partial charge >= 0.3 is 0 Å². The van der Waals surface area contributed by atoms with Gasteiger partial charge in [0.1, 0.15) is 0 Å². The van der Waals surface area contributed by atoms with Gasteiger partial charge < -0.3 is 5.32 Å². The van der Waals surface area contributed by atoms with Crippen LogP contribution in [0.15, 0.2) is 24.3 Å². The van der Waals surface area contributed by atoms with Gasteiger partial charge in [0.05, 0.1) is 0 Å². The predicted molar refractivity (Wildman–Crippen MR) is 80.3 cm³/mol. The molecule has 1 aliphatic heterocycles. The van der Waals surface area contributed by atoms with Gasteiger partial charge in [0.25, 0.3) is 0 Å². The van der Waals surface area contributed by atoms with Crippen LogP contribution in [0.4, 0.5) is 0 Å². The fourth-order valence-corrected chi connectivity index (χ4v) is 3.61. The minimum atomic E-state index is 0.456. The standard InChI is InChI=1S/C17H26N2/c1-12-6-4-5-7-17(12)14(3)18-15-10-13(2)19(11-15)16-8-9-16/h4-7,13-16,18H,8-11H2,1-3H3. The van der Waals surface area contributed by atoms with Crippen molar-refractivity contribution in [2.45, 2.75) is 64.2 Å². The quantitative estimate of drug-likeness (QED) is 0.891. The Morgan fingerprint density at radius 1 is 1.26 bits per heavy atom. The first kappa shape index (κ1) is 13.1. The molecule has 104 valence electrons. The molecule has 3 atom stereocenters. The Morgan fingerprint density at radius 2 is 2.00 bits per heavy atom. The van der Waals surface area contributed by atoms with Crippen LogP contribution in [0.1, 0.15) is 50.3 Å². The predicted octanol–water partition coefficient (Wildman–Crippen LogP) is 3.27. The van der Waals surface area contributed by atoms with Gasteiger partial charge in [-0.15, -0.1) is 0 Å². The first-order chi connectivity index (χ1) is 9.15. The summed E-state index contributed by atoms with van der Waals surface area (Å²) in [6, 6.07) is 11.5. The van der Waals surface area contributed by atoms with Crippen molar-refractivity contribution in [3.05, 3.63) is 35.4 Å². The van der Waals surface area contributed by atoms with E-state index in [0.717, 1.165) is 12.1 Å². The number of nitrogens with zero attached hydrogens (tertiary/aromatic N) is 1. The van der Waals surface area contributed by atoms with Gasteiger partial charge in [0, 0.05) is 30.7 Å². The maximum atomic E-state index is 3.84. The van der Waals surface area contributed by atoms with Gasteiger partial charge in [-0.3, -0.25) is 4.90 Å². The van der Waals surface area contributed by atoms with E-state index in [1.807, 2.05) is 0 Å². The molecule has 2 heteroatoms. The highest BCUT2D eigenvalue weighted by molar-refractivity contribution is 5.28. The van der Waals surface area contributed by atoms with Crippen LogP contribution in [0, 0.1) is 6.92 Å². The van der Waals surface area contributed by atoms with Crippen LogP contribution in [0.2, 0.25) is 0 Å². The van der Waals surface area contributed by atoms with E-state index in [-0.39, 0.29) is 0 Å². The van der Waals surface area contributed by atoms with E-state index < -0.39 is 0 Å². The summed E-state index contributed by atoms with van der Waals surface area (Å²) < 4.78 is 0. The molecule has 0 radical (unpaired) electrons. The van der Waals surface area contributed by atoms with Crippen molar-refractivity contribution >= 4 is 0 Å². The minimum Gasteiger partial charge on any atom is -0.306 e. The van der Waals surface area contributed by atoms with E-state index in [0.29, 0.717) is 12.1 Å². The largest absolute Gasteiger partial charge is 0.306 e. The first-order valence-electron chi connectivity index (χ1n) is 7.72. The van der Waals surface area contributed by atoms with Crippen LogP contribution < -0.4 is 5.32 Å². The number of hydrogen-bond donors (Lipinski definition) is 1. The van der Waals surface area contributed by atoms with E-state index in [4.69, 9.17) is 0 Å². The molecule has 2 nitrogen and oxygen atoms in total. The molecule has 1 heterocycles. The molecule has 1 aliphatic carbocycles. The lowest BCUT2D eigenvalue weighted by molar-refractivity contribution is 0.254. The molecule has 19 heavy (non-hydrogen) atoms. The Labute approximate surface area is 117 Å². The van der Waals surface area contributed by atoms with Crippen molar-refractivity contribution in [3.8, 4) is 0 Å². The average molecular weight is 258 g/mol. The molecule has 0 bridgehead atoms. The lowest BCUT2D eigenvalue weighted by atomic mass is 10.0. The number of aryl methyl sites for hydroxylation is 1. The van der Waals surface area contributed by atoms with E-state index in [2.05, 4.69) is 55.3 Å². The zero-order valence-electron chi connectivity index (χ0n) is 12.4. The normalized spacial score (nSPS) is 29.6. The SMILES string of the molecule is Cc1ccccc1C(C)NC1CC(C)N(C2CC2)C1. The molecule has 1 saturated heterocycles. The highest BCUT2D eigenvalue weighted by Crippen LogP contribution is 2.33. The lowest BCUT2D eigenvalue weighted by Gasteiger charge is -2.22. The Hall–Kier alpha value is -0.860. The number of rotatable bonds is 4. The van der Waals surface area contributed by atoms with Crippen LogP contribution in [-0.4, -0.2) is 29.6 Å². The Morgan fingerprint density at radius 3 is 2.68 bits per heavy atom. The second-order valence-electron chi connectivity index (χ2n) is 6.45. The van der Waals surface area contributed by atoms with Crippen molar-refractivity contribution < 1.29 is 0 Å². The molecular weight excluding hydrogens is 232 g/mol. The number of benzene rings is 1. The summed E-state index contributed by atoms with van der Waals surface area (Å²) in [5, 5.41) is 3.84. The number of nitrogens with one attached hydrogen (secondary N) is 1. The van der Waals surface area contributed by atoms with E-state index >= 15 is 0 Å². The van der Waals surface area contributed by atoms with Gasteiger partial charge in [-0.25, -0.2) is 0 Å². The third kappa shape index (κ3) is 2.85. The van der Waals surface area contributed by atoms with Crippen molar-refractivity contribution in [2.75, 3.05) is 6.54 Å². The maximum Gasteiger partial charge on any atom is 0.0297 e. The Kier molecular flexibility index (Phi) is 3.64. The van der Waals surface area contributed by atoms with E-state index in [1.165, 1.54) is 36.9 Å². The molecule has 2 aliphatic rings. The molecule has 0 spiro atoms. The summed E-state index contributed by atoms with van der Waals surface area (Å²) in [5.41, 5.74) is 2.84. The highest BCUT2D eigenvalue weighted by atomic mass is 15.3. The van der Waals surface area contributed by atoms with Crippen molar-refractivity contribution in [3.63, 3.8) is 0 Å². The molecular formula is C17H26N2. The van der Waals surface area contributed by atoms with E-state index in [1.54, 1.807) is 0 Å². The molecule has 0 amide bonds. The van der Waals surface area contributed by atoms with Crippen molar-refractivity contribution in [2.24, 2.45) is 0 Å². The summed E-state index contributed by atoms with van der Waals surface area (Å²) in [6.45, 7) is 8.13. The van der Waals surface area contributed by atoms with Gasteiger partial charge in [0.2, 0.25) is 0 Å². The molecule has 2 fully saturated rings. The fraction of sp³-hybridized carbons (Fsp3) is 0.647. The Bertz CT molecular complexity index is 439. The molecule has 1 N–H and O–H groups in total.